The molecule has 1 saturated heterocycles. The van der Waals surface area contributed by atoms with E-state index in [-0.39, 0.29) is 24.6 Å². The summed E-state index contributed by atoms with van der Waals surface area (Å²) >= 11 is 0. The predicted octanol–water partition coefficient (Wildman–Crippen LogP) is 2.46. The van der Waals surface area contributed by atoms with Crippen molar-refractivity contribution in [1.29, 1.82) is 0 Å². The van der Waals surface area contributed by atoms with Crippen LogP contribution in [0.5, 0.6) is 5.75 Å². The Bertz CT molecular complexity index is 1100. The number of imidazole rings is 1. The van der Waals surface area contributed by atoms with E-state index in [0.29, 0.717) is 12.2 Å². The second-order valence-corrected chi connectivity index (χ2v) is 6.85. The Labute approximate surface area is 161 Å². The Hall–Kier alpha value is -3.35. The molecule has 7 nitrogen and oxygen atoms in total. The third kappa shape index (κ3) is 3.31. The van der Waals surface area contributed by atoms with Crippen molar-refractivity contribution in [3.05, 3.63) is 59.0 Å². The van der Waals surface area contributed by atoms with Gasteiger partial charge in [0.15, 0.2) is 0 Å². The maximum atomic E-state index is 12.4. The molecule has 1 aliphatic rings. The van der Waals surface area contributed by atoms with E-state index in [9.17, 15) is 14.4 Å². The number of rotatable bonds is 5. The number of hydrogen-bond donors (Lipinski definition) is 0. The Balaban J connectivity index is 1.41. The van der Waals surface area contributed by atoms with Gasteiger partial charge in [0, 0.05) is 32.2 Å². The Morgan fingerprint density at radius 1 is 1.04 bits per heavy atom. The maximum Gasteiger partial charge on any atom is 0.328 e. The number of amides is 1. The fourth-order valence-electron chi connectivity index (χ4n) is 3.58. The van der Waals surface area contributed by atoms with Gasteiger partial charge in [0.1, 0.15) is 5.75 Å². The highest BCUT2D eigenvalue weighted by Crippen LogP contribution is 2.24. The minimum atomic E-state index is -0.412. The molecule has 0 N–H and O–H groups in total. The maximum absolute atomic E-state index is 12.4. The minimum Gasteiger partial charge on any atom is -0.426 e. The van der Waals surface area contributed by atoms with Gasteiger partial charge in [0.2, 0.25) is 5.91 Å². The molecular weight excluding hydrogens is 358 g/mol. The van der Waals surface area contributed by atoms with Gasteiger partial charge in [0.05, 0.1) is 17.5 Å². The first-order valence-corrected chi connectivity index (χ1v) is 9.30. The van der Waals surface area contributed by atoms with Crippen LogP contribution in [-0.4, -0.2) is 27.6 Å². The van der Waals surface area contributed by atoms with Crippen LogP contribution in [0.2, 0.25) is 0 Å². The summed E-state index contributed by atoms with van der Waals surface area (Å²) in [6.45, 7) is 0.969. The molecule has 0 unspecified atom stereocenters. The molecule has 1 fully saturated rings. The number of anilines is 1. The van der Waals surface area contributed by atoms with E-state index in [1.54, 1.807) is 45.3 Å². The number of esters is 1. The molecule has 0 saturated carbocycles. The molecule has 0 bridgehead atoms. The summed E-state index contributed by atoms with van der Waals surface area (Å²) in [4.78, 5) is 38.1. The molecule has 1 amide bonds. The smallest absolute Gasteiger partial charge is 0.328 e. The quantitative estimate of drug-likeness (QED) is 0.504. The van der Waals surface area contributed by atoms with E-state index in [1.807, 2.05) is 24.3 Å². The standard InChI is InChI=1S/C21H21N3O4/c1-22-17-5-2-3-6-18(17)24(21(22)27)14-12-20(26)28-16-10-8-15(9-11-16)23-13-4-7-19(23)25/h2-3,5-6,8-11H,4,7,12-14H2,1H3. The van der Waals surface area contributed by atoms with Crippen molar-refractivity contribution in [3.8, 4) is 5.75 Å². The van der Waals surface area contributed by atoms with Crippen molar-refractivity contribution in [3.63, 3.8) is 0 Å². The van der Waals surface area contributed by atoms with E-state index < -0.39 is 5.97 Å². The normalized spacial score (nSPS) is 14.0. The summed E-state index contributed by atoms with van der Waals surface area (Å²) in [5, 5.41) is 0. The van der Waals surface area contributed by atoms with E-state index in [1.165, 1.54) is 0 Å². The zero-order chi connectivity index (χ0) is 19.7. The van der Waals surface area contributed by atoms with Crippen LogP contribution in [0.3, 0.4) is 0 Å². The van der Waals surface area contributed by atoms with Crippen molar-refractivity contribution >= 4 is 28.6 Å². The topological polar surface area (TPSA) is 73.5 Å². The summed E-state index contributed by atoms with van der Waals surface area (Å²) in [6.07, 6.45) is 1.52. The summed E-state index contributed by atoms with van der Waals surface area (Å²) < 4.78 is 8.53. The molecule has 1 aliphatic heterocycles. The average Bonchev–Trinajstić information content (AvgIpc) is 3.23. The molecular formula is C21H21N3O4. The summed E-state index contributed by atoms with van der Waals surface area (Å²) in [6, 6.07) is 14.4. The molecule has 2 aromatic carbocycles. The molecule has 28 heavy (non-hydrogen) atoms. The van der Waals surface area contributed by atoms with Crippen molar-refractivity contribution in [2.45, 2.75) is 25.8 Å². The van der Waals surface area contributed by atoms with Gasteiger partial charge in [-0.1, -0.05) is 12.1 Å². The molecule has 1 aromatic heterocycles. The number of ether oxygens (including phenoxy) is 1. The zero-order valence-corrected chi connectivity index (χ0v) is 15.6. The van der Waals surface area contributed by atoms with Gasteiger partial charge in [-0.2, -0.15) is 0 Å². The summed E-state index contributed by atoms with van der Waals surface area (Å²) in [5.74, 6) is 0.126. The van der Waals surface area contributed by atoms with Crippen LogP contribution in [-0.2, 0) is 23.2 Å². The van der Waals surface area contributed by atoms with Crippen molar-refractivity contribution in [2.75, 3.05) is 11.4 Å². The summed E-state index contributed by atoms with van der Waals surface area (Å²) in [7, 11) is 1.71. The number of hydrogen-bond acceptors (Lipinski definition) is 4. The average molecular weight is 379 g/mol. The number of benzene rings is 2. The first-order chi connectivity index (χ1) is 13.5. The van der Waals surface area contributed by atoms with Crippen LogP contribution >= 0.6 is 0 Å². The highest BCUT2D eigenvalue weighted by molar-refractivity contribution is 5.95. The van der Waals surface area contributed by atoms with E-state index in [0.717, 1.165) is 29.7 Å². The third-order valence-corrected chi connectivity index (χ3v) is 5.04. The van der Waals surface area contributed by atoms with Crippen LogP contribution in [0, 0.1) is 0 Å². The number of carbonyl (C=O) groups excluding carboxylic acids is 2. The van der Waals surface area contributed by atoms with Gasteiger partial charge in [-0.25, -0.2) is 4.79 Å². The number of fused-ring (bicyclic) bond motifs is 1. The van der Waals surface area contributed by atoms with Gasteiger partial charge >= 0.3 is 11.7 Å². The second kappa shape index (κ2) is 7.34. The number of para-hydroxylation sites is 2. The predicted molar refractivity (Wildman–Crippen MR) is 105 cm³/mol. The van der Waals surface area contributed by atoms with Gasteiger partial charge in [-0.05, 0) is 42.8 Å². The Morgan fingerprint density at radius 3 is 2.43 bits per heavy atom. The molecule has 0 atom stereocenters. The van der Waals surface area contributed by atoms with Crippen LogP contribution < -0.4 is 15.3 Å². The summed E-state index contributed by atoms with van der Waals surface area (Å²) in [5.41, 5.74) is 2.27. The first kappa shape index (κ1) is 18.0. The fourth-order valence-corrected chi connectivity index (χ4v) is 3.58. The number of aryl methyl sites for hydroxylation is 2. The van der Waals surface area contributed by atoms with Gasteiger partial charge in [-0.15, -0.1) is 0 Å². The fraction of sp³-hybridized carbons (Fsp3) is 0.286. The molecule has 144 valence electrons. The van der Waals surface area contributed by atoms with Crippen molar-refractivity contribution in [2.24, 2.45) is 7.05 Å². The van der Waals surface area contributed by atoms with E-state index in [4.69, 9.17) is 4.74 Å². The second-order valence-electron chi connectivity index (χ2n) is 6.85. The molecule has 3 aromatic rings. The van der Waals surface area contributed by atoms with E-state index in [2.05, 4.69) is 0 Å². The lowest BCUT2D eigenvalue weighted by molar-refractivity contribution is -0.134. The number of carbonyl (C=O) groups is 2. The van der Waals surface area contributed by atoms with E-state index >= 15 is 0 Å². The van der Waals surface area contributed by atoms with Crippen LogP contribution in [0.15, 0.2) is 53.3 Å². The van der Waals surface area contributed by atoms with Crippen molar-refractivity contribution < 1.29 is 14.3 Å². The lowest BCUT2D eigenvalue weighted by Gasteiger charge is -2.15. The Morgan fingerprint density at radius 2 is 1.75 bits per heavy atom. The number of nitrogens with zero attached hydrogens (tertiary/aromatic N) is 3. The Kier molecular flexibility index (Phi) is 4.73. The zero-order valence-electron chi connectivity index (χ0n) is 15.6. The molecule has 0 spiro atoms. The van der Waals surface area contributed by atoms with Gasteiger partial charge < -0.3 is 9.64 Å². The van der Waals surface area contributed by atoms with Gasteiger partial charge in [-0.3, -0.25) is 18.7 Å². The lowest BCUT2D eigenvalue weighted by Crippen LogP contribution is -2.24. The SMILES string of the molecule is Cn1c(=O)n(CCC(=O)Oc2ccc(N3CCCC3=O)cc2)c2ccccc21. The largest absolute Gasteiger partial charge is 0.426 e. The minimum absolute atomic E-state index is 0.0836. The van der Waals surface area contributed by atoms with Crippen LogP contribution in [0.1, 0.15) is 19.3 Å². The first-order valence-electron chi connectivity index (χ1n) is 9.30. The third-order valence-electron chi connectivity index (χ3n) is 5.04. The number of aromatic nitrogens is 2. The monoisotopic (exact) mass is 379 g/mol. The molecule has 7 heteroatoms. The van der Waals surface area contributed by atoms with Crippen LogP contribution in [0.4, 0.5) is 5.69 Å². The lowest BCUT2D eigenvalue weighted by atomic mass is 10.3. The molecule has 4 rings (SSSR count). The van der Waals surface area contributed by atoms with Crippen LogP contribution in [0.25, 0.3) is 11.0 Å². The highest BCUT2D eigenvalue weighted by Gasteiger charge is 2.21. The molecule has 2 heterocycles. The van der Waals surface area contributed by atoms with Crippen molar-refractivity contribution in [1.82, 2.24) is 9.13 Å². The highest BCUT2D eigenvalue weighted by atomic mass is 16.5. The molecule has 0 aliphatic carbocycles. The van der Waals surface area contributed by atoms with Gasteiger partial charge in [0.25, 0.3) is 0 Å². The molecule has 0 radical (unpaired) electrons.